The van der Waals surface area contributed by atoms with Gasteiger partial charge in [-0.05, 0) is 25.7 Å². The molecule has 0 aromatic carbocycles. The first-order valence-corrected chi connectivity index (χ1v) is 7.55. The van der Waals surface area contributed by atoms with Crippen LogP contribution in [0.25, 0.3) is 0 Å². The van der Waals surface area contributed by atoms with Crippen molar-refractivity contribution < 1.29 is 14.7 Å². The molecule has 1 fully saturated rings. The molecule has 0 heterocycles. The van der Waals surface area contributed by atoms with Gasteiger partial charge >= 0.3 is 5.97 Å². The molecule has 0 aromatic heterocycles. The maximum Gasteiger partial charge on any atom is 0.303 e. The molecule has 0 spiro atoms. The van der Waals surface area contributed by atoms with Gasteiger partial charge in [0, 0.05) is 18.4 Å². The van der Waals surface area contributed by atoms with E-state index in [2.05, 4.69) is 12.2 Å². The number of amides is 1. The topological polar surface area (TPSA) is 66.4 Å². The summed E-state index contributed by atoms with van der Waals surface area (Å²) in [6.07, 6.45) is 9.47. The van der Waals surface area contributed by atoms with Crippen molar-refractivity contribution in [2.45, 2.75) is 71.1 Å². The van der Waals surface area contributed by atoms with Crippen molar-refractivity contribution in [2.24, 2.45) is 5.41 Å². The Morgan fingerprint density at radius 2 is 1.68 bits per heavy atom. The summed E-state index contributed by atoms with van der Waals surface area (Å²) in [4.78, 5) is 22.4. The van der Waals surface area contributed by atoms with Gasteiger partial charge in [0.2, 0.25) is 5.91 Å². The minimum Gasteiger partial charge on any atom is -0.481 e. The SMILES string of the molecule is CC1(C(=O)NCCCCCCC(=O)O)CCCCC1. The molecule has 4 heteroatoms. The smallest absolute Gasteiger partial charge is 0.303 e. The molecule has 19 heavy (non-hydrogen) atoms. The van der Waals surface area contributed by atoms with Gasteiger partial charge in [0.25, 0.3) is 0 Å². The summed E-state index contributed by atoms with van der Waals surface area (Å²) < 4.78 is 0. The molecular formula is C15H27NO3. The Hall–Kier alpha value is -1.06. The number of carbonyl (C=O) groups excluding carboxylic acids is 1. The molecule has 0 saturated heterocycles. The number of hydrogen-bond donors (Lipinski definition) is 2. The monoisotopic (exact) mass is 269 g/mol. The lowest BCUT2D eigenvalue weighted by molar-refractivity contribution is -0.137. The Bertz CT molecular complexity index is 296. The number of carboxylic acids is 1. The van der Waals surface area contributed by atoms with Crippen LogP contribution < -0.4 is 5.32 Å². The third kappa shape index (κ3) is 6.08. The molecule has 1 aliphatic rings. The fourth-order valence-electron chi connectivity index (χ4n) is 2.73. The molecule has 0 bridgehead atoms. The highest BCUT2D eigenvalue weighted by atomic mass is 16.4. The highest BCUT2D eigenvalue weighted by molar-refractivity contribution is 5.82. The second-order valence-corrected chi connectivity index (χ2v) is 5.94. The van der Waals surface area contributed by atoms with E-state index in [1.54, 1.807) is 0 Å². The molecular weight excluding hydrogens is 242 g/mol. The summed E-state index contributed by atoms with van der Waals surface area (Å²) in [6.45, 7) is 2.80. The van der Waals surface area contributed by atoms with Crippen LogP contribution in [-0.2, 0) is 9.59 Å². The lowest BCUT2D eigenvalue weighted by atomic mass is 9.75. The minimum atomic E-state index is -0.724. The molecule has 0 aliphatic heterocycles. The minimum absolute atomic E-state index is 0.151. The van der Waals surface area contributed by atoms with E-state index < -0.39 is 5.97 Å². The predicted molar refractivity (Wildman–Crippen MR) is 74.9 cm³/mol. The molecule has 1 saturated carbocycles. The average Bonchev–Trinajstić information content (AvgIpc) is 2.38. The zero-order chi connectivity index (χ0) is 14.1. The first-order valence-electron chi connectivity index (χ1n) is 7.55. The number of hydrogen-bond acceptors (Lipinski definition) is 2. The van der Waals surface area contributed by atoms with E-state index in [9.17, 15) is 9.59 Å². The normalized spacial score (nSPS) is 17.9. The van der Waals surface area contributed by atoms with Crippen LogP contribution in [0, 0.1) is 5.41 Å². The lowest BCUT2D eigenvalue weighted by Crippen LogP contribution is -2.40. The van der Waals surface area contributed by atoms with E-state index in [1.807, 2.05) is 0 Å². The first-order chi connectivity index (χ1) is 9.04. The van der Waals surface area contributed by atoms with Gasteiger partial charge in [-0.15, -0.1) is 0 Å². The van der Waals surface area contributed by atoms with Crippen LogP contribution in [0.2, 0.25) is 0 Å². The summed E-state index contributed by atoms with van der Waals surface area (Å²) in [5.41, 5.74) is -0.151. The number of rotatable bonds is 8. The second-order valence-electron chi connectivity index (χ2n) is 5.94. The van der Waals surface area contributed by atoms with Crippen LogP contribution in [-0.4, -0.2) is 23.5 Å². The van der Waals surface area contributed by atoms with E-state index >= 15 is 0 Å². The molecule has 1 amide bonds. The quantitative estimate of drug-likeness (QED) is 0.665. The number of aliphatic carboxylic acids is 1. The third-order valence-corrected chi connectivity index (χ3v) is 4.11. The van der Waals surface area contributed by atoms with Crippen LogP contribution in [0.4, 0.5) is 0 Å². The van der Waals surface area contributed by atoms with Crippen molar-refractivity contribution in [3.05, 3.63) is 0 Å². The molecule has 1 rings (SSSR count). The van der Waals surface area contributed by atoms with Gasteiger partial charge in [-0.25, -0.2) is 0 Å². The van der Waals surface area contributed by atoms with E-state index in [0.717, 1.165) is 45.1 Å². The number of nitrogens with one attached hydrogen (secondary N) is 1. The van der Waals surface area contributed by atoms with Crippen molar-refractivity contribution in [3.8, 4) is 0 Å². The number of carboxylic acid groups (broad SMARTS) is 1. The van der Waals surface area contributed by atoms with Crippen LogP contribution in [0.1, 0.15) is 71.1 Å². The Labute approximate surface area is 116 Å². The van der Waals surface area contributed by atoms with Gasteiger partial charge in [-0.1, -0.05) is 39.0 Å². The predicted octanol–water partition coefficient (Wildman–Crippen LogP) is 3.11. The molecule has 0 radical (unpaired) electrons. The Kier molecular flexibility index (Phi) is 6.89. The van der Waals surface area contributed by atoms with Crippen LogP contribution in [0.5, 0.6) is 0 Å². The molecule has 4 nitrogen and oxygen atoms in total. The molecule has 0 unspecified atom stereocenters. The molecule has 0 atom stereocenters. The van der Waals surface area contributed by atoms with Crippen LogP contribution >= 0.6 is 0 Å². The first kappa shape index (κ1) is 16.0. The van der Waals surface area contributed by atoms with Gasteiger partial charge < -0.3 is 10.4 Å². The highest BCUT2D eigenvalue weighted by Gasteiger charge is 2.33. The van der Waals surface area contributed by atoms with Gasteiger partial charge in [-0.2, -0.15) is 0 Å². The maximum absolute atomic E-state index is 12.1. The van der Waals surface area contributed by atoms with E-state index in [-0.39, 0.29) is 17.7 Å². The summed E-state index contributed by atoms with van der Waals surface area (Å²) in [6, 6.07) is 0. The van der Waals surface area contributed by atoms with E-state index in [4.69, 9.17) is 5.11 Å². The van der Waals surface area contributed by atoms with E-state index in [1.165, 1.54) is 19.3 Å². The van der Waals surface area contributed by atoms with Gasteiger partial charge in [0.15, 0.2) is 0 Å². The van der Waals surface area contributed by atoms with Crippen molar-refractivity contribution >= 4 is 11.9 Å². The molecule has 2 N–H and O–H groups in total. The maximum atomic E-state index is 12.1. The molecule has 1 aliphatic carbocycles. The number of carbonyl (C=O) groups is 2. The third-order valence-electron chi connectivity index (χ3n) is 4.11. The zero-order valence-corrected chi connectivity index (χ0v) is 12.0. The molecule has 110 valence electrons. The fraction of sp³-hybridized carbons (Fsp3) is 0.867. The summed E-state index contributed by atoms with van der Waals surface area (Å²) in [7, 11) is 0. The Morgan fingerprint density at radius 3 is 2.32 bits per heavy atom. The van der Waals surface area contributed by atoms with Crippen molar-refractivity contribution in [3.63, 3.8) is 0 Å². The van der Waals surface area contributed by atoms with Gasteiger partial charge in [-0.3, -0.25) is 9.59 Å². The summed E-state index contributed by atoms with van der Waals surface area (Å²) >= 11 is 0. The highest BCUT2D eigenvalue weighted by Crippen LogP contribution is 2.35. The fourth-order valence-corrected chi connectivity index (χ4v) is 2.73. The number of unbranched alkanes of at least 4 members (excludes halogenated alkanes) is 3. The second kappa shape index (κ2) is 8.18. The average molecular weight is 269 g/mol. The molecule has 0 aromatic rings. The standard InChI is InChI=1S/C15H27NO3/c1-15(10-6-4-7-11-15)14(19)16-12-8-3-2-5-9-13(17)18/h2-12H2,1H3,(H,16,19)(H,17,18). The summed E-state index contributed by atoms with van der Waals surface area (Å²) in [5.74, 6) is -0.517. The van der Waals surface area contributed by atoms with Gasteiger partial charge in [0.1, 0.15) is 0 Å². The lowest BCUT2D eigenvalue weighted by Gasteiger charge is -2.32. The van der Waals surface area contributed by atoms with Crippen molar-refractivity contribution in [2.75, 3.05) is 6.54 Å². The van der Waals surface area contributed by atoms with Crippen molar-refractivity contribution in [1.82, 2.24) is 5.32 Å². The summed E-state index contributed by atoms with van der Waals surface area (Å²) in [5, 5.41) is 11.5. The van der Waals surface area contributed by atoms with E-state index in [0.29, 0.717) is 0 Å². The zero-order valence-electron chi connectivity index (χ0n) is 12.0. The largest absolute Gasteiger partial charge is 0.481 e. The van der Waals surface area contributed by atoms with Gasteiger partial charge in [0.05, 0.1) is 0 Å². The van der Waals surface area contributed by atoms with Crippen molar-refractivity contribution in [1.29, 1.82) is 0 Å². The Morgan fingerprint density at radius 1 is 1.05 bits per heavy atom. The van der Waals surface area contributed by atoms with Crippen LogP contribution in [0.3, 0.4) is 0 Å². The Balaban J connectivity index is 2.05. The van der Waals surface area contributed by atoms with Crippen LogP contribution in [0.15, 0.2) is 0 Å².